The van der Waals surface area contributed by atoms with E-state index in [4.69, 9.17) is 0 Å². The Balaban J connectivity index is 1.91. The highest BCUT2D eigenvalue weighted by molar-refractivity contribution is 5.77. The van der Waals surface area contributed by atoms with E-state index in [9.17, 15) is 4.39 Å². The topological polar surface area (TPSA) is 41.6 Å². The SMILES string of the molecule is Fc1ccc2c(c1)-c1[nH]nc(-c3cccnc3)c1CC2. The highest BCUT2D eigenvalue weighted by Crippen LogP contribution is 2.37. The molecule has 2 aromatic heterocycles. The van der Waals surface area contributed by atoms with Crippen LogP contribution in [0.3, 0.4) is 0 Å². The van der Waals surface area contributed by atoms with Crippen molar-refractivity contribution in [2.75, 3.05) is 0 Å². The van der Waals surface area contributed by atoms with Crippen LogP contribution in [-0.2, 0) is 12.8 Å². The highest BCUT2D eigenvalue weighted by Gasteiger charge is 2.22. The van der Waals surface area contributed by atoms with E-state index in [0.717, 1.165) is 40.9 Å². The molecule has 0 bridgehead atoms. The largest absolute Gasteiger partial charge is 0.277 e. The van der Waals surface area contributed by atoms with E-state index >= 15 is 0 Å². The van der Waals surface area contributed by atoms with Gasteiger partial charge in [-0.05, 0) is 42.7 Å². The summed E-state index contributed by atoms with van der Waals surface area (Å²) in [5.41, 5.74) is 6.09. The summed E-state index contributed by atoms with van der Waals surface area (Å²) in [4.78, 5) is 4.13. The fourth-order valence-corrected chi connectivity index (χ4v) is 2.83. The molecule has 0 amide bonds. The third kappa shape index (κ3) is 1.65. The Bertz CT molecular complexity index is 778. The van der Waals surface area contributed by atoms with Gasteiger partial charge in [-0.15, -0.1) is 0 Å². The van der Waals surface area contributed by atoms with Gasteiger partial charge in [0.15, 0.2) is 0 Å². The number of aromatic nitrogens is 3. The molecule has 2 heterocycles. The van der Waals surface area contributed by atoms with Crippen molar-refractivity contribution in [3.63, 3.8) is 0 Å². The van der Waals surface area contributed by atoms with Gasteiger partial charge in [-0.2, -0.15) is 5.10 Å². The van der Waals surface area contributed by atoms with Crippen molar-refractivity contribution in [1.29, 1.82) is 0 Å². The number of aromatic amines is 1. The van der Waals surface area contributed by atoms with Gasteiger partial charge in [-0.1, -0.05) is 6.07 Å². The van der Waals surface area contributed by atoms with Crippen LogP contribution in [0.15, 0.2) is 42.7 Å². The first kappa shape index (κ1) is 11.3. The minimum atomic E-state index is -0.214. The molecule has 98 valence electrons. The number of nitrogens with zero attached hydrogens (tertiary/aromatic N) is 2. The van der Waals surface area contributed by atoms with E-state index in [1.165, 1.54) is 11.6 Å². The summed E-state index contributed by atoms with van der Waals surface area (Å²) in [7, 11) is 0. The van der Waals surface area contributed by atoms with Crippen LogP contribution in [0.5, 0.6) is 0 Å². The van der Waals surface area contributed by atoms with E-state index in [2.05, 4.69) is 15.2 Å². The molecule has 3 aromatic rings. The number of aryl methyl sites for hydroxylation is 1. The Morgan fingerprint density at radius 3 is 2.95 bits per heavy atom. The van der Waals surface area contributed by atoms with Gasteiger partial charge < -0.3 is 0 Å². The van der Waals surface area contributed by atoms with Crippen LogP contribution in [0.2, 0.25) is 0 Å². The quantitative estimate of drug-likeness (QED) is 0.733. The van der Waals surface area contributed by atoms with Gasteiger partial charge in [0.2, 0.25) is 0 Å². The first-order valence-corrected chi connectivity index (χ1v) is 6.59. The number of H-pyrrole nitrogens is 1. The lowest BCUT2D eigenvalue weighted by atomic mass is 9.88. The second-order valence-corrected chi connectivity index (χ2v) is 4.97. The summed E-state index contributed by atoms with van der Waals surface area (Å²) in [6.07, 6.45) is 5.37. The van der Waals surface area contributed by atoms with Gasteiger partial charge in [0, 0.05) is 29.1 Å². The van der Waals surface area contributed by atoms with Crippen LogP contribution in [0.25, 0.3) is 22.5 Å². The Kier molecular flexibility index (Phi) is 2.42. The van der Waals surface area contributed by atoms with E-state index < -0.39 is 0 Å². The van der Waals surface area contributed by atoms with Gasteiger partial charge in [0.25, 0.3) is 0 Å². The van der Waals surface area contributed by atoms with E-state index in [-0.39, 0.29) is 5.82 Å². The molecular weight excluding hydrogens is 253 g/mol. The predicted octanol–water partition coefficient (Wildman–Crippen LogP) is 3.38. The second-order valence-electron chi connectivity index (χ2n) is 4.97. The number of rotatable bonds is 1. The third-order valence-electron chi connectivity index (χ3n) is 3.79. The zero-order valence-electron chi connectivity index (χ0n) is 10.7. The van der Waals surface area contributed by atoms with Crippen molar-refractivity contribution in [2.45, 2.75) is 12.8 Å². The molecule has 0 fully saturated rings. The standard InChI is InChI=1S/C16H12FN3/c17-12-5-3-10-4-6-13-15(11-2-1-7-18-9-11)19-20-16(13)14(10)8-12/h1-3,5,7-9H,4,6H2,(H,19,20). The monoisotopic (exact) mass is 265 g/mol. The first-order chi connectivity index (χ1) is 9.83. The predicted molar refractivity (Wildman–Crippen MR) is 74.6 cm³/mol. The number of hydrogen-bond acceptors (Lipinski definition) is 2. The molecule has 4 heteroatoms. The average molecular weight is 265 g/mol. The van der Waals surface area contributed by atoms with Crippen LogP contribution in [-0.4, -0.2) is 15.2 Å². The van der Waals surface area contributed by atoms with Crippen molar-refractivity contribution < 1.29 is 4.39 Å². The Morgan fingerprint density at radius 1 is 1.15 bits per heavy atom. The maximum Gasteiger partial charge on any atom is 0.123 e. The number of pyridine rings is 1. The van der Waals surface area contributed by atoms with Crippen molar-refractivity contribution in [3.8, 4) is 22.5 Å². The summed E-state index contributed by atoms with van der Waals surface area (Å²) in [5.74, 6) is -0.214. The molecule has 0 saturated heterocycles. The number of nitrogens with one attached hydrogen (secondary N) is 1. The minimum absolute atomic E-state index is 0.214. The van der Waals surface area contributed by atoms with Crippen LogP contribution in [0, 0.1) is 5.82 Å². The number of fused-ring (bicyclic) bond motifs is 3. The third-order valence-corrected chi connectivity index (χ3v) is 3.79. The molecule has 0 radical (unpaired) electrons. The average Bonchev–Trinajstić information content (AvgIpc) is 2.92. The molecule has 3 nitrogen and oxygen atoms in total. The van der Waals surface area contributed by atoms with Gasteiger partial charge in [0.05, 0.1) is 11.4 Å². The summed E-state index contributed by atoms with van der Waals surface area (Å²) >= 11 is 0. The molecule has 4 rings (SSSR count). The van der Waals surface area contributed by atoms with Crippen molar-refractivity contribution in [1.82, 2.24) is 15.2 Å². The molecule has 0 aliphatic heterocycles. The lowest BCUT2D eigenvalue weighted by Gasteiger charge is -2.16. The second kappa shape index (κ2) is 4.27. The van der Waals surface area contributed by atoms with E-state index in [1.54, 1.807) is 18.5 Å². The molecule has 0 saturated carbocycles. The van der Waals surface area contributed by atoms with Crippen LogP contribution >= 0.6 is 0 Å². The Morgan fingerprint density at radius 2 is 2.10 bits per heavy atom. The molecule has 0 atom stereocenters. The summed E-state index contributed by atoms with van der Waals surface area (Å²) in [6.45, 7) is 0. The van der Waals surface area contributed by atoms with Gasteiger partial charge in [-0.3, -0.25) is 10.1 Å². The molecule has 1 aliphatic rings. The summed E-state index contributed by atoms with van der Waals surface area (Å²) in [6, 6.07) is 8.84. The molecule has 20 heavy (non-hydrogen) atoms. The van der Waals surface area contributed by atoms with Gasteiger partial charge >= 0.3 is 0 Å². The fourth-order valence-electron chi connectivity index (χ4n) is 2.83. The summed E-state index contributed by atoms with van der Waals surface area (Å²) < 4.78 is 13.5. The van der Waals surface area contributed by atoms with Gasteiger partial charge in [-0.25, -0.2) is 4.39 Å². The minimum Gasteiger partial charge on any atom is -0.277 e. The lowest BCUT2D eigenvalue weighted by Crippen LogP contribution is -2.03. The van der Waals surface area contributed by atoms with Crippen LogP contribution < -0.4 is 0 Å². The number of benzene rings is 1. The Hall–Kier alpha value is -2.49. The smallest absolute Gasteiger partial charge is 0.123 e. The highest BCUT2D eigenvalue weighted by atomic mass is 19.1. The molecule has 1 aliphatic carbocycles. The molecule has 0 unspecified atom stereocenters. The number of hydrogen-bond donors (Lipinski definition) is 1. The van der Waals surface area contributed by atoms with Gasteiger partial charge in [0.1, 0.15) is 5.82 Å². The van der Waals surface area contributed by atoms with E-state index in [0.29, 0.717) is 0 Å². The molecule has 0 spiro atoms. The van der Waals surface area contributed by atoms with Crippen LogP contribution in [0.4, 0.5) is 4.39 Å². The van der Waals surface area contributed by atoms with Crippen LogP contribution in [0.1, 0.15) is 11.1 Å². The molecule has 1 N–H and O–H groups in total. The zero-order chi connectivity index (χ0) is 13.5. The first-order valence-electron chi connectivity index (χ1n) is 6.59. The van der Waals surface area contributed by atoms with Crippen molar-refractivity contribution >= 4 is 0 Å². The normalized spacial score (nSPS) is 12.8. The molecule has 1 aromatic carbocycles. The van der Waals surface area contributed by atoms with Crippen molar-refractivity contribution in [3.05, 3.63) is 59.7 Å². The van der Waals surface area contributed by atoms with E-state index in [1.807, 2.05) is 18.2 Å². The lowest BCUT2D eigenvalue weighted by molar-refractivity contribution is 0.627. The fraction of sp³-hybridized carbons (Fsp3) is 0.125. The summed E-state index contributed by atoms with van der Waals surface area (Å²) in [5, 5.41) is 7.47. The maximum absolute atomic E-state index is 13.5. The zero-order valence-corrected chi connectivity index (χ0v) is 10.7. The van der Waals surface area contributed by atoms with Crippen molar-refractivity contribution in [2.24, 2.45) is 0 Å². The number of halogens is 1. The Labute approximate surface area is 115 Å². The molecular formula is C16H12FN3. The maximum atomic E-state index is 13.5.